The molecule has 0 spiro atoms. The zero-order chi connectivity index (χ0) is 14.5. The normalized spacial score (nSPS) is 18.1. The number of amides is 1. The van der Waals surface area contributed by atoms with E-state index in [1.165, 1.54) is 5.56 Å². The van der Waals surface area contributed by atoms with E-state index in [4.69, 9.17) is 9.47 Å². The van der Waals surface area contributed by atoms with E-state index in [0.717, 1.165) is 37.1 Å². The lowest BCUT2D eigenvalue weighted by atomic mass is 10.0. The van der Waals surface area contributed by atoms with Crippen LogP contribution in [0.5, 0.6) is 5.75 Å². The van der Waals surface area contributed by atoms with Crippen molar-refractivity contribution in [2.24, 2.45) is 0 Å². The third kappa shape index (κ3) is 3.24. The van der Waals surface area contributed by atoms with Crippen molar-refractivity contribution >= 4 is 6.09 Å². The first-order valence-electron chi connectivity index (χ1n) is 7.22. The van der Waals surface area contributed by atoms with Crippen LogP contribution in [0.15, 0.2) is 18.2 Å². The highest BCUT2D eigenvalue weighted by molar-refractivity contribution is 5.68. The molecule has 0 aromatic heterocycles. The molecular formula is C16H23NO3. The van der Waals surface area contributed by atoms with Crippen LogP contribution in [0.2, 0.25) is 0 Å². The number of rotatable bonds is 4. The first-order valence-corrected chi connectivity index (χ1v) is 7.22. The maximum atomic E-state index is 11.9. The summed E-state index contributed by atoms with van der Waals surface area (Å²) < 4.78 is 10.4. The number of carbonyl (C=O) groups is 1. The molecule has 2 rings (SSSR count). The van der Waals surface area contributed by atoms with Crippen LogP contribution in [0.25, 0.3) is 0 Å². The minimum atomic E-state index is -0.180. The molecule has 1 saturated heterocycles. The highest BCUT2D eigenvalue weighted by atomic mass is 16.6. The summed E-state index contributed by atoms with van der Waals surface area (Å²) >= 11 is 0. The summed E-state index contributed by atoms with van der Waals surface area (Å²) in [4.78, 5) is 13.8. The number of likely N-dealkylation sites (tertiary alicyclic amines) is 1. The van der Waals surface area contributed by atoms with Gasteiger partial charge in [-0.05, 0) is 50.3 Å². The Morgan fingerprint density at radius 2 is 2.25 bits per heavy atom. The Balaban J connectivity index is 2.05. The van der Waals surface area contributed by atoms with Gasteiger partial charge in [0, 0.05) is 12.6 Å². The van der Waals surface area contributed by atoms with Gasteiger partial charge in [0.25, 0.3) is 0 Å². The van der Waals surface area contributed by atoms with E-state index in [1.807, 2.05) is 24.8 Å². The predicted molar refractivity (Wildman–Crippen MR) is 78.2 cm³/mol. The Morgan fingerprint density at radius 3 is 2.90 bits per heavy atom. The highest BCUT2D eigenvalue weighted by Gasteiger charge is 2.29. The van der Waals surface area contributed by atoms with Gasteiger partial charge in [0.05, 0.1) is 13.7 Å². The Morgan fingerprint density at radius 1 is 1.45 bits per heavy atom. The van der Waals surface area contributed by atoms with Crippen LogP contribution in [0.4, 0.5) is 4.79 Å². The zero-order valence-electron chi connectivity index (χ0n) is 12.5. The summed E-state index contributed by atoms with van der Waals surface area (Å²) in [5, 5.41) is 0. The van der Waals surface area contributed by atoms with Gasteiger partial charge in [-0.3, -0.25) is 0 Å². The summed E-state index contributed by atoms with van der Waals surface area (Å²) in [6.45, 7) is 5.12. The lowest BCUT2D eigenvalue weighted by Gasteiger charge is -2.24. The molecule has 1 aromatic carbocycles. The van der Waals surface area contributed by atoms with Crippen molar-refractivity contribution in [2.45, 2.75) is 39.2 Å². The molecule has 1 aliphatic rings. The highest BCUT2D eigenvalue weighted by Crippen LogP contribution is 2.25. The van der Waals surface area contributed by atoms with Gasteiger partial charge in [-0.1, -0.05) is 12.1 Å². The van der Waals surface area contributed by atoms with Crippen molar-refractivity contribution in [1.82, 2.24) is 4.90 Å². The second-order valence-electron chi connectivity index (χ2n) is 5.20. The average Bonchev–Trinajstić information content (AvgIpc) is 2.87. The second kappa shape index (κ2) is 6.64. The molecule has 1 atom stereocenters. The van der Waals surface area contributed by atoms with Crippen LogP contribution >= 0.6 is 0 Å². The molecule has 0 N–H and O–H groups in total. The topological polar surface area (TPSA) is 38.8 Å². The van der Waals surface area contributed by atoms with E-state index in [2.05, 4.69) is 12.1 Å². The molecule has 1 fully saturated rings. The SMILES string of the molecule is CCOC(=O)N1CCCC1Cc1ccc(OC)c(C)c1. The lowest BCUT2D eigenvalue weighted by molar-refractivity contribution is 0.103. The first-order chi connectivity index (χ1) is 9.65. The van der Waals surface area contributed by atoms with Crippen LogP contribution < -0.4 is 4.74 Å². The number of aryl methyl sites for hydroxylation is 1. The van der Waals surface area contributed by atoms with Crippen LogP contribution in [0, 0.1) is 6.92 Å². The number of nitrogens with zero attached hydrogens (tertiary/aromatic N) is 1. The van der Waals surface area contributed by atoms with Crippen LogP contribution in [0.3, 0.4) is 0 Å². The molecule has 1 aromatic rings. The molecule has 1 unspecified atom stereocenters. The van der Waals surface area contributed by atoms with Gasteiger partial charge in [0.2, 0.25) is 0 Å². The minimum absolute atomic E-state index is 0.180. The summed E-state index contributed by atoms with van der Waals surface area (Å²) in [5.74, 6) is 0.905. The molecule has 0 bridgehead atoms. The van der Waals surface area contributed by atoms with Crippen LogP contribution in [-0.2, 0) is 11.2 Å². The number of hydrogen-bond acceptors (Lipinski definition) is 3. The molecule has 0 radical (unpaired) electrons. The van der Waals surface area contributed by atoms with Crippen molar-refractivity contribution in [3.8, 4) is 5.75 Å². The average molecular weight is 277 g/mol. The fourth-order valence-electron chi connectivity index (χ4n) is 2.83. The molecule has 110 valence electrons. The standard InChI is InChI=1S/C16H23NO3/c1-4-20-16(18)17-9-5-6-14(17)11-13-7-8-15(19-3)12(2)10-13/h7-8,10,14H,4-6,9,11H2,1-3H3. The number of methoxy groups -OCH3 is 1. The Bertz CT molecular complexity index is 473. The predicted octanol–water partition coefficient (Wildman–Crippen LogP) is 3.17. The quantitative estimate of drug-likeness (QED) is 0.848. The van der Waals surface area contributed by atoms with E-state index in [-0.39, 0.29) is 12.1 Å². The van der Waals surface area contributed by atoms with Gasteiger partial charge < -0.3 is 14.4 Å². The van der Waals surface area contributed by atoms with E-state index in [9.17, 15) is 4.79 Å². The Kier molecular flexibility index (Phi) is 4.88. The van der Waals surface area contributed by atoms with Crippen molar-refractivity contribution in [1.29, 1.82) is 0 Å². The monoisotopic (exact) mass is 277 g/mol. The van der Waals surface area contributed by atoms with Crippen LogP contribution in [0.1, 0.15) is 30.9 Å². The molecule has 4 heteroatoms. The number of carbonyl (C=O) groups excluding carboxylic acids is 1. The van der Waals surface area contributed by atoms with E-state index in [0.29, 0.717) is 6.61 Å². The largest absolute Gasteiger partial charge is 0.496 e. The molecule has 4 nitrogen and oxygen atoms in total. The third-order valence-corrected chi connectivity index (χ3v) is 3.81. The van der Waals surface area contributed by atoms with Gasteiger partial charge in [-0.25, -0.2) is 4.79 Å². The van der Waals surface area contributed by atoms with E-state index < -0.39 is 0 Å². The number of hydrogen-bond donors (Lipinski definition) is 0. The van der Waals surface area contributed by atoms with Gasteiger partial charge in [-0.15, -0.1) is 0 Å². The Labute approximate surface area is 120 Å². The zero-order valence-corrected chi connectivity index (χ0v) is 12.5. The third-order valence-electron chi connectivity index (χ3n) is 3.81. The molecular weight excluding hydrogens is 254 g/mol. The van der Waals surface area contributed by atoms with Crippen molar-refractivity contribution in [3.05, 3.63) is 29.3 Å². The summed E-state index contributed by atoms with van der Waals surface area (Å²) in [6.07, 6.45) is 2.80. The van der Waals surface area contributed by atoms with Gasteiger partial charge in [-0.2, -0.15) is 0 Å². The molecule has 1 heterocycles. The maximum Gasteiger partial charge on any atom is 0.410 e. The lowest BCUT2D eigenvalue weighted by Crippen LogP contribution is -2.37. The molecule has 0 aliphatic carbocycles. The van der Waals surface area contributed by atoms with Gasteiger partial charge >= 0.3 is 6.09 Å². The maximum absolute atomic E-state index is 11.9. The summed E-state index contributed by atoms with van der Waals surface area (Å²) in [5.41, 5.74) is 2.37. The molecule has 1 aliphatic heterocycles. The van der Waals surface area contributed by atoms with Crippen molar-refractivity contribution in [3.63, 3.8) is 0 Å². The smallest absolute Gasteiger partial charge is 0.410 e. The van der Waals surface area contributed by atoms with E-state index >= 15 is 0 Å². The summed E-state index contributed by atoms with van der Waals surface area (Å²) in [7, 11) is 1.68. The molecule has 0 saturated carbocycles. The molecule has 1 amide bonds. The summed E-state index contributed by atoms with van der Waals surface area (Å²) in [6, 6.07) is 6.46. The fraction of sp³-hybridized carbons (Fsp3) is 0.562. The molecule has 20 heavy (non-hydrogen) atoms. The second-order valence-corrected chi connectivity index (χ2v) is 5.20. The van der Waals surface area contributed by atoms with Gasteiger partial charge in [0.1, 0.15) is 5.75 Å². The van der Waals surface area contributed by atoms with E-state index in [1.54, 1.807) is 7.11 Å². The number of ether oxygens (including phenoxy) is 2. The van der Waals surface area contributed by atoms with Gasteiger partial charge in [0.15, 0.2) is 0 Å². The Hall–Kier alpha value is -1.71. The fourth-order valence-corrected chi connectivity index (χ4v) is 2.83. The number of benzene rings is 1. The van der Waals surface area contributed by atoms with Crippen molar-refractivity contribution < 1.29 is 14.3 Å². The first kappa shape index (κ1) is 14.7. The van der Waals surface area contributed by atoms with Crippen LogP contribution in [-0.4, -0.2) is 37.3 Å². The minimum Gasteiger partial charge on any atom is -0.496 e. The van der Waals surface area contributed by atoms with Crippen molar-refractivity contribution in [2.75, 3.05) is 20.3 Å².